The van der Waals surface area contributed by atoms with E-state index in [1.807, 2.05) is 38.1 Å². The van der Waals surface area contributed by atoms with E-state index in [9.17, 15) is 0 Å². The van der Waals surface area contributed by atoms with Crippen molar-refractivity contribution in [2.75, 3.05) is 6.61 Å². The lowest BCUT2D eigenvalue weighted by atomic mass is 10.2. The molecule has 3 nitrogen and oxygen atoms in total. The lowest BCUT2D eigenvalue weighted by Crippen LogP contribution is -1.97. The normalized spacial score (nSPS) is 10.8. The molecular weight excluding hydrogens is 236 g/mol. The highest BCUT2D eigenvalue weighted by atomic mass is 35.5. The minimum Gasteiger partial charge on any atom is -0.396 e. The van der Waals surface area contributed by atoms with Crippen LogP contribution < -0.4 is 0 Å². The highest BCUT2D eigenvalue weighted by molar-refractivity contribution is 6.30. The summed E-state index contributed by atoms with van der Waals surface area (Å²) in [6.07, 6.45) is 0.538. The number of nitrogens with zero attached hydrogens (tertiary/aromatic N) is 2. The van der Waals surface area contributed by atoms with E-state index >= 15 is 0 Å². The Morgan fingerprint density at radius 3 is 2.76 bits per heavy atom. The van der Waals surface area contributed by atoms with Crippen LogP contribution in [0.3, 0.4) is 0 Å². The van der Waals surface area contributed by atoms with Crippen LogP contribution in [0, 0.1) is 13.8 Å². The van der Waals surface area contributed by atoms with Crippen molar-refractivity contribution in [3.63, 3.8) is 0 Å². The average Bonchev–Trinajstić information content (AvgIpc) is 2.57. The van der Waals surface area contributed by atoms with Gasteiger partial charge in [-0.3, -0.25) is 0 Å². The fraction of sp³-hybridized carbons (Fsp3) is 0.308. The summed E-state index contributed by atoms with van der Waals surface area (Å²) in [6, 6.07) is 8.00. The van der Waals surface area contributed by atoms with Crippen LogP contribution in [0.4, 0.5) is 0 Å². The summed E-state index contributed by atoms with van der Waals surface area (Å²) >= 11 is 6.28. The Hall–Kier alpha value is -1.32. The molecule has 2 aromatic rings. The average molecular weight is 251 g/mol. The number of rotatable bonds is 3. The zero-order valence-corrected chi connectivity index (χ0v) is 10.7. The van der Waals surface area contributed by atoms with E-state index in [-0.39, 0.29) is 6.61 Å². The molecule has 0 aliphatic carbocycles. The van der Waals surface area contributed by atoms with Gasteiger partial charge in [0.1, 0.15) is 5.15 Å². The molecular formula is C13H15ClN2O. The van der Waals surface area contributed by atoms with Crippen LogP contribution in [0.15, 0.2) is 24.3 Å². The molecule has 0 amide bonds. The summed E-state index contributed by atoms with van der Waals surface area (Å²) in [5.41, 5.74) is 3.89. The Balaban J connectivity index is 2.50. The topological polar surface area (TPSA) is 38.0 Å². The molecule has 0 fully saturated rings. The number of aryl methyl sites for hydroxylation is 2. The Labute approximate surface area is 106 Å². The molecule has 0 unspecified atom stereocenters. The van der Waals surface area contributed by atoms with Gasteiger partial charge in [0.2, 0.25) is 0 Å². The van der Waals surface area contributed by atoms with Gasteiger partial charge in [0.05, 0.1) is 11.4 Å². The number of aliphatic hydroxyl groups is 1. The van der Waals surface area contributed by atoms with Gasteiger partial charge in [-0.25, -0.2) is 4.68 Å². The molecule has 0 saturated heterocycles. The van der Waals surface area contributed by atoms with E-state index in [1.54, 1.807) is 4.68 Å². The minimum absolute atomic E-state index is 0.0834. The van der Waals surface area contributed by atoms with Crippen molar-refractivity contribution in [2.24, 2.45) is 0 Å². The van der Waals surface area contributed by atoms with Gasteiger partial charge in [0, 0.05) is 18.6 Å². The molecule has 0 saturated carbocycles. The third kappa shape index (κ3) is 2.35. The predicted molar refractivity (Wildman–Crippen MR) is 68.8 cm³/mol. The molecule has 0 aliphatic heterocycles. The SMILES string of the molecule is Cc1cccc(-n2nc(C)c(CCO)c2Cl)c1. The van der Waals surface area contributed by atoms with Crippen molar-refractivity contribution in [1.82, 2.24) is 9.78 Å². The van der Waals surface area contributed by atoms with E-state index in [1.165, 1.54) is 0 Å². The minimum atomic E-state index is 0.0834. The van der Waals surface area contributed by atoms with Crippen LogP contribution in [0.5, 0.6) is 0 Å². The molecule has 90 valence electrons. The van der Waals surface area contributed by atoms with Gasteiger partial charge in [-0.15, -0.1) is 0 Å². The molecule has 1 aromatic carbocycles. The number of aromatic nitrogens is 2. The summed E-state index contributed by atoms with van der Waals surface area (Å²) in [5, 5.41) is 14.0. The number of aliphatic hydroxyl groups excluding tert-OH is 1. The van der Waals surface area contributed by atoms with Gasteiger partial charge >= 0.3 is 0 Å². The van der Waals surface area contributed by atoms with Crippen LogP contribution in [0.1, 0.15) is 16.8 Å². The highest BCUT2D eigenvalue weighted by Crippen LogP contribution is 2.24. The molecule has 1 N–H and O–H groups in total. The van der Waals surface area contributed by atoms with E-state index in [0.29, 0.717) is 11.6 Å². The summed E-state index contributed by atoms with van der Waals surface area (Å²) in [6.45, 7) is 4.02. The van der Waals surface area contributed by atoms with Crippen molar-refractivity contribution in [3.05, 3.63) is 46.2 Å². The molecule has 1 aromatic heterocycles. The zero-order valence-electron chi connectivity index (χ0n) is 9.94. The molecule has 0 radical (unpaired) electrons. The summed E-state index contributed by atoms with van der Waals surface area (Å²) in [4.78, 5) is 0. The fourth-order valence-corrected chi connectivity index (χ4v) is 2.22. The van der Waals surface area contributed by atoms with Gasteiger partial charge in [-0.2, -0.15) is 5.10 Å². The summed E-state index contributed by atoms with van der Waals surface area (Å²) in [7, 11) is 0. The molecule has 2 rings (SSSR count). The van der Waals surface area contributed by atoms with Crippen molar-refractivity contribution >= 4 is 11.6 Å². The second-order valence-electron chi connectivity index (χ2n) is 4.08. The van der Waals surface area contributed by atoms with Crippen molar-refractivity contribution < 1.29 is 5.11 Å². The van der Waals surface area contributed by atoms with Crippen LogP contribution in [0.25, 0.3) is 5.69 Å². The van der Waals surface area contributed by atoms with E-state index in [4.69, 9.17) is 16.7 Å². The number of hydrogen-bond donors (Lipinski definition) is 1. The maximum absolute atomic E-state index is 9.00. The van der Waals surface area contributed by atoms with Gasteiger partial charge in [0.25, 0.3) is 0 Å². The largest absolute Gasteiger partial charge is 0.396 e. The Morgan fingerprint density at radius 1 is 1.35 bits per heavy atom. The monoisotopic (exact) mass is 250 g/mol. The zero-order chi connectivity index (χ0) is 12.4. The smallest absolute Gasteiger partial charge is 0.136 e. The lowest BCUT2D eigenvalue weighted by molar-refractivity contribution is 0.299. The first-order chi connectivity index (χ1) is 8.13. The fourth-order valence-electron chi connectivity index (χ4n) is 1.86. The van der Waals surface area contributed by atoms with Crippen molar-refractivity contribution in [1.29, 1.82) is 0 Å². The first kappa shape index (κ1) is 12.1. The third-order valence-electron chi connectivity index (χ3n) is 2.73. The van der Waals surface area contributed by atoms with Gasteiger partial charge in [-0.05, 0) is 31.5 Å². The van der Waals surface area contributed by atoms with Crippen LogP contribution >= 0.6 is 11.6 Å². The maximum atomic E-state index is 9.00. The second kappa shape index (κ2) is 4.90. The van der Waals surface area contributed by atoms with Gasteiger partial charge < -0.3 is 5.11 Å². The molecule has 4 heteroatoms. The van der Waals surface area contributed by atoms with E-state index < -0.39 is 0 Å². The third-order valence-corrected chi connectivity index (χ3v) is 3.12. The van der Waals surface area contributed by atoms with Crippen LogP contribution in [-0.4, -0.2) is 21.5 Å². The Morgan fingerprint density at radius 2 is 2.12 bits per heavy atom. The summed E-state index contributed by atoms with van der Waals surface area (Å²) < 4.78 is 1.72. The number of hydrogen-bond acceptors (Lipinski definition) is 2. The van der Waals surface area contributed by atoms with Gasteiger partial charge in [0.15, 0.2) is 0 Å². The molecule has 0 spiro atoms. The van der Waals surface area contributed by atoms with Crippen molar-refractivity contribution in [2.45, 2.75) is 20.3 Å². The standard InChI is InChI=1S/C13H15ClN2O/c1-9-4-3-5-11(8-9)16-13(14)12(6-7-17)10(2)15-16/h3-5,8,17H,6-7H2,1-2H3. The first-order valence-electron chi connectivity index (χ1n) is 5.55. The molecule has 17 heavy (non-hydrogen) atoms. The Kier molecular flexibility index (Phi) is 3.50. The van der Waals surface area contributed by atoms with Gasteiger partial charge in [-0.1, -0.05) is 23.7 Å². The molecule has 1 heterocycles. The number of halogens is 1. The highest BCUT2D eigenvalue weighted by Gasteiger charge is 2.13. The number of benzene rings is 1. The van der Waals surface area contributed by atoms with E-state index in [0.717, 1.165) is 22.5 Å². The summed E-state index contributed by atoms with van der Waals surface area (Å²) in [5.74, 6) is 0. The molecule has 0 aliphatic rings. The first-order valence-corrected chi connectivity index (χ1v) is 5.93. The quantitative estimate of drug-likeness (QED) is 0.910. The molecule has 0 atom stereocenters. The second-order valence-corrected chi connectivity index (χ2v) is 4.44. The van der Waals surface area contributed by atoms with Crippen molar-refractivity contribution in [3.8, 4) is 5.69 Å². The Bertz CT molecular complexity index is 534. The van der Waals surface area contributed by atoms with Crippen LogP contribution in [0.2, 0.25) is 5.15 Å². The lowest BCUT2D eigenvalue weighted by Gasteiger charge is -2.04. The van der Waals surface area contributed by atoms with Crippen LogP contribution in [-0.2, 0) is 6.42 Å². The van der Waals surface area contributed by atoms with E-state index in [2.05, 4.69) is 5.10 Å². The predicted octanol–water partition coefficient (Wildman–Crippen LogP) is 2.68. The maximum Gasteiger partial charge on any atom is 0.136 e. The molecule has 0 bridgehead atoms.